The maximum Gasteiger partial charge on any atom is 0.191 e. The summed E-state index contributed by atoms with van der Waals surface area (Å²) >= 11 is 0. The van der Waals surface area contributed by atoms with Crippen LogP contribution in [-0.2, 0) is 13.0 Å². The van der Waals surface area contributed by atoms with Crippen molar-refractivity contribution in [2.75, 3.05) is 26.8 Å². The Morgan fingerprint density at radius 1 is 1.13 bits per heavy atom. The molecule has 2 aromatic rings. The van der Waals surface area contributed by atoms with Crippen molar-refractivity contribution < 1.29 is 14.3 Å². The average Bonchev–Trinajstić information content (AvgIpc) is 3.30. The first kappa shape index (κ1) is 22.2. The SMILES string of the molecule is COc1ccc(CN=C(NCCc2ccco2)NCC2(CCO)CCCCC2)cc1. The number of nitrogens with one attached hydrogen (secondary N) is 2. The molecule has 1 saturated carbocycles. The van der Waals surface area contributed by atoms with Gasteiger partial charge >= 0.3 is 0 Å². The fraction of sp³-hybridized carbons (Fsp3) is 0.542. The molecule has 3 N–H and O–H groups in total. The number of aliphatic imine (C=N–C) groups is 1. The maximum atomic E-state index is 9.60. The minimum Gasteiger partial charge on any atom is -0.497 e. The molecule has 0 saturated heterocycles. The molecule has 1 fully saturated rings. The van der Waals surface area contributed by atoms with Crippen molar-refractivity contribution in [3.05, 3.63) is 54.0 Å². The van der Waals surface area contributed by atoms with Crippen LogP contribution in [0.15, 0.2) is 52.1 Å². The topological polar surface area (TPSA) is 79.0 Å². The number of rotatable bonds is 10. The molecule has 0 unspecified atom stereocenters. The number of methoxy groups -OCH3 is 1. The average molecular weight is 414 g/mol. The van der Waals surface area contributed by atoms with Crippen LogP contribution in [0.25, 0.3) is 0 Å². The van der Waals surface area contributed by atoms with E-state index in [2.05, 4.69) is 10.6 Å². The molecule has 164 valence electrons. The zero-order valence-electron chi connectivity index (χ0n) is 18.0. The molecular formula is C24H35N3O3. The predicted octanol–water partition coefficient (Wildman–Crippen LogP) is 3.90. The fourth-order valence-corrected chi connectivity index (χ4v) is 4.16. The van der Waals surface area contributed by atoms with Crippen LogP contribution in [0.3, 0.4) is 0 Å². The van der Waals surface area contributed by atoms with Crippen molar-refractivity contribution in [1.82, 2.24) is 10.6 Å². The quantitative estimate of drug-likeness (QED) is 0.407. The van der Waals surface area contributed by atoms with Crippen LogP contribution in [0.1, 0.15) is 49.8 Å². The van der Waals surface area contributed by atoms with Gasteiger partial charge in [-0.15, -0.1) is 0 Å². The van der Waals surface area contributed by atoms with Gasteiger partial charge in [0.25, 0.3) is 0 Å². The van der Waals surface area contributed by atoms with Crippen LogP contribution in [0.5, 0.6) is 5.75 Å². The van der Waals surface area contributed by atoms with E-state index in [0.717, 1.165) is 49.0 Å². The van der Waals surface area contributed by atoms with Gasteiger partial charge in [-0.3, -0.25) is 0 Å². The van der Waals surface area contributed by atoms with E-state index in [4.69, 9.17) is 14.1 Å². The largest absolute Gasteiger partial charge is 0.497 e. The molecule has 1 aromatic heterocycles. The Labute approximate surface area is 179 Å². The van der Waals surface area contributed by atoms with Gasteiger partial charge in [0.15, 0.2) is 5.96 Å². The number of furan rings is 1. The molecule has 0 radical (unpaired) electrons. The van der Waals surface area contributed by atoms with Gasteiger partial charge in [-0.2, -0.15) is 0 Å². The Morgan fingerprint density at radius 3 is 2.60 bits per heavy atom. The lowest BCUT2D eigenvalue weighted by Gasteiger charge is -2.37. The summed E-state index contributed by atoms with van der Waals surface area (Å²) in [7, 11) is 1.67. The molecule has 30 heavy (non-hydrogen) atoms. The molecule has 3 rings (SSSR count). The van der Waals surface area contributed by atoms with Crippen molar-refractivity contribution in [2.24, 2.45) is 10.4 Å². The summed E-state index contributed by atoms with van der Waals surface area (Å²) in [6, 6.07) is 11.9. The van der Waals surface area contributed by atoms with Crippen LogP contribution in [-0.4, -0.2) is 37.9 Å². The first-order chi connectivity index (χ1) is 14.7. The fourth-order valence-electron chi connectivity index (χ4n) is 4.16. The maximum absolute atomic E-state index is 9.60. The Kier molecular flexibility index (Phi) is 8.63. The monoisotopic (exact) mass is 413 g/mol. The van der Waals surface area contributed by atoms with Gasteiger partial charge in [0.2, 0.25) is 0 Å². The normalized spacial score (nSPS) is 16.3. The molecule has 0 atom stereocenters. The van der Waals surface area contributed by atoms with Crippen molar-refractivity contribution in [2.45, 2.75) is 51.5 Å². The zero-order chi connectivity index (χ0) is 21.1. The number of ether oxygens (including phenoxy) is 1. The first-order valence-electron chi connectivity index (χ1n) is 11.0. The van der Waals surface area contributed by atoms with E-state index in [-0.39, 0.29) is 12.0 Å². The van der Waals surface area contributed by atoms with Gasteiger partial charge in [0.1, 0.15) is 11.5 Å². The summed E-state index contributed by atoms with van der Waals surface area (Å²) in [6.45, 7) is 2.41. The molecule has 1 aromatic carbocycles. The molecule has 1 heterocycles. The van der Waals surface area contributed by atoms with E-state index < -0.39 is 0 Å². The van der Waals surface area contributed by atoms with E-state index in [9.17, 15) is 5.11 Å². The number of aliphatic hydroxyl groups excluding tert-OH is 1. The molecule has 0 aliphatic heterocycles. The summed E-state index contributed by atoms with van der Waals surface area (Å²) < 4.78 is 10.7. The van der Waals surface area contributed by atoms with E-state index in [1.165, 1.54) is 32.1 Å². The highest BCUT2D eigenvalue weighted by molar-refractivity contribution is 5.79. The molecule has 0 spiro atoms. The molecule has 1 aliphatic rings. The minimum atomic E-state index is 0.163. The van der Waals surface area contributed by atoms with E-state index in [1.54, 1.807) is 13.4 Å². The number of nitrogens with zero attached hydrogens (tertiary/aromatic N) is 1. The summed E-state index contributed by atoms with van der Waals surface area (Å²) in [4.78, 5) is 4.80. The molecule has 6 nitrogen and oxygen atoms in total. The predicted molar refractivity (Wildman–Crippen MR) is 120 cm³/mol. The molecule has 6 heteroatoms. The summed E-state index contributed by atoms with van der Waals surface area (Å²) in [5, 5.41) is 16.6. The van der Waals surface area contributed by atoms with E-state index >= 15 is 0 Å². The molecular weight excluding hydrogens is 378 g/mol. The van der Waals surface area contributed by atoms with Crippen LogP contribution in [0.4, 0.5) is 0 Å². The third-order valence-corrected chi connectivity index (χ3v) is 6.01. The highest BCUT2D eigenvalue weighted by Gasteiger charge is 2.31. The number of hydrogen-bond donors (Lipinski definition) is 3. The number of aliphatic hydroxyl groups is 1. The highest BCUT2D eigenvalue weighted by atomic mass is 16.5. The summed E-state index contributed by atoms with van der Waals surface area (Å²) in [5.74, 6) is 2.61. The van der Waals surface area contributed by atoms with Crippen LogP contribution in [0, 0.1) is 5.41 Å². The molecule has 0 bridgehead atoms. The lowest BCUT2D eigenvalue weighted by molar-refractivity contribution is 0.131. The van der Waals surface area contributed by atoms with Gasteiger partial charge in [0, 0.05) is 26.1 Å². The summed E-state index contributed by atoms with van der Waals surface area (Å²) in [5.41, 5.74) is 1.29. The summed E-state index contributed by atoms with van der Waals surface area (Å²) in [6.07, 6.45) is 9.46. The second-order valence-electron chi connectivity index (χ2n) is 8.16. The van der Waals surface area contributed by atoms with Crippen LogP contribution < -0.4 is 15.4 Å². The number of hydrogen-bond acceptors (Lipinski definition) is 4. The van der Waals surface area contributed by atoms with Gasteiger partial charge in [-0.05, 0) is 54.5 Å². The van der Waals surface area contributed by atoms with Gasteiger partial charge in [0.05, 0.1) is 19.9 Å². The van der Waals surface area contributed by atoms with Crippen molar-refractivity contribution >= 4 is 5.96 Å². The molecule has 0 amide bonds. The van der Waals surface area contributed by atoms with Gasteiger partial charge in [-0.1, -0.05) is 31.4 Å². The Morgan fingerprint density at radius 2 is 1.93 bits per heavy atom. The van der Waals surface area contributed by atoms with E-state index in [0.29, 0.717) is 6.54 Å². The van der Waals surface area contributed by atoms with Crippen molar-refractivity contribution in [1.29, 1.82) is 0 Å². The zero-order valence-corrected chi connectivity index (χ0v) is 18.0. The van der Waals surface area contributed by atoms with Crippen molar-refractivity contribution in [3.63, 3.8) is 0 Å². The number of guanidine groups is 1. The Hall–Kier alpha value is -2.47. The lowest BCUT2D eigenvalue weighted by atomic mass is 9.72. The van der Waals surface area contributed by atoms with Crippen LogP contribution >= 0.6 is 0 Å². The minimum absolute atomic E-state index is 0.163. The van der Waals surface area contributed by atoms with Gasteiger partial charge in [-0.25, -0.2) is 4.99 Å². The second kappa shape index (κ2) is 11.6. The lowest BCUT2D eigenvalue weighted by Crippen LogP contribution is -2.45. The standard InChI is InChI=1S/C24H35N3O3/c1-29-21-9-7-20(8-10-21)18-26-23(25-15-11-22-6-5-17-30-22)27-19-24(14-16-28)12-3-2-4-13-24/h5-10,17,28H,2-4,11-16,18-19H2,1H3,(H2,25,26,27). The van der Waals surface area contributed by atoms with E-state index in [1.807, 2.05) is 36.4 Å². The first-order valence-corrected chi connectivity index (χ1v) is 11.0. The van der Waals surface area contributed by atoms with Crippen molar-refractivity contribution in [3.8, 4) is 5.75 Å². The Balaban J connectivity index is 1.62. The van der Waals surface area contributed by atoms with Gasteiger partial charge < -0.3 is 24.9 Å². The Bertz CT molecular complexity index is 745. The third kappa shape index (κ3) is 6.80. The highest BCUT2D eigenvalue weighted by Crippen LogP contribution is 2.38. The molecule has 1 aliphatic carbocycles. The second-order valence-corrected chi connectivity index (χ2v) is 8.16. The van der Waals surface area contributed by atoms with Crippen LogP contribution in [0.2, 0.25) is 0 Å². The number of benzene rings is 1. The smallest absolute Gasteiger partial charge is 0.191 e. The third-order valence-electron chi connectivity index (χ3n) is 6.01.